The van der Waals surface area contributed by atoms with E-state index in [-0.39, 0.29) is 6.42 Å². The van der Waals surface area contributed by atoms with Gasteiger partial charge < -0.3 is 14.9 Å². The standard InChI is InChI=1S/C11H11ClN2O4/c1-17-10(15)7(13)3-5-2-6(12)9-8(4-5)18-11(16)14-9/h2,4,7H,3,13H2,1H3,(H,14,16)/t7-/m1/s1. The highest BCUT2D eigenvalue weighted by Crippen LogP contribution is 2.23. The zero-order chi connectivity index (χ0) is 13.3. The molecule has 18 heavy (non-hydrogen) atoms. The quantitative estimate of drug-likeness (QED) is 0.805. The molecule has 0 aliphatic heterocycles. The van der Waals surface area contributed by atoms with Gasteiger partial charge in [0.2, 0.25) is 0 Å². The Balaban J connectivity index is 2.35. The Bertz CT molecular complexity index is 646. The molecular weight excluding hydrogens is 260 g/mol. The van der Waals surface area contributed by atoms with Crippen LogP contribution in [0.1, 0.15) is 5.56 Å². The van der Waals surface area contributed by atoms with Crippen molar-refractivity contribution in [2.24, 2.45) is 5.73 Å². The second-order valence-electron chi connectivity index (χ2n) is 3.80. The summed E-state index contributed by atoms with van der Waals surface area (Å²) in [7, 11) is 1.27. The lowest BCUT2D eigenvalue weighted by atomic mass is 10.1. The van der Waals surface area contributed by atoms with E-state index in [1.54, 1.807) is 12.1 Å². The van der Waals surface area contributed by atoms with Gasteiger partial charge in [-0.2, -0.15) is 0 Å². The molecular formula is C11H11ClN2O4. The third-order valence-electron chi connectivity index (χ3n) is 2.50. The maximum absolute atomic E-state index is 11.2. The van der Waals surface area contributed by atoms with Gasteiger partial charge in [-0.25, -0.2) is 4.79 Å². The van der Waals surface area contributed by atoms with E-state index < -0.39 is 17.8 Å². The molecule has 0 amide bonds. The van der Waals surface area contributed by atoms with Crippen molar-refractivity contribution < 1.29 is 13.9 Å². The van der Waals surface area contributed by atoms with Crippen molar-refractivity contribution in [1.29, 1.82) is 0 Å². The molecule has 0 aliphatic rings. The number of carbonyl (C=O) groups is 1. The van der Waals surface area contributed by atoms with Crippen molar-refractivity contribution in [3.63, 3.8) is 0 Å². The number of benzene rings is 1. The normalized spacial score (nSPS) is 12.6. The van der Waals surface area contributed by atoms with Crippen LogP contribution >= 0.6 is 11.6 Å². The number of ether oxygens (including phenoxy) is 1. The van der Waals surface area contributed by atoms with Crippen LogP contribution in [0.15, 0.2) is 21.3 Å². The van der Waals surface area contributed by atoms with Crippen LogP contribution in [0.4, 0.5) is 0 Å². The highest BCUT2D eigenvalue weighted by Gasteiger charge is 2.16. The largest absolute Gasteiger partial charge is 0.468 e. The minimum absolute atomic E-state index is 0.247. The number of fused-ring (bicyclic) bond motifs is 1. The lowest BCUT2D eigenvalue weighted by Crippen LogP contribution is -2.33. The summed E-state index contributed by atoms with van der Waals surface area (Å²) in [5, 5.41) is 0.338. The fourth-order valence-corrected chi connectivity index (χ4v) is 1.95. The van der Waals surface area contributed by atoms with E-state index in [1.165, 1.54) is 7.11 Å². The average Bonchev–Trinajstić information content (AvgIpc) is 2.69. The molecule has 6 nitrogen and oxygen atoms in total. The Labute approximate surface area is 107 Å². The van der Waals surface area contributed by atoms with Crippen LogP contribution in [0.5, 0.6) is 0 Å². The van der Waals surface area contributed by atoms with E-state index in [4.69, 9.17) is 21.8 Å². The van der Waals surface area contributed by atoms with Gasteiger partial charge in [0.1, 0.15) is 11.6 Å². The molecule has 96 valence electrons. The SMILES string of the molecule is COC(=O)[C@H](N)Cc1cc(Cl)c2[nH]c(=O)oc2c1. The van der Waals surface area contributed by atoms with Gasteiger partial charge in [-0.05, 0) is 24.1 Å². The number of esters is 1. The third-order valence-corrected chi connectivity index (χ3v) is 2.80. The Hall–Kier alpha value is -1.79. The first-order valence-corrected chi connectivity index (χ1v) is 5.53. The monoisotopic (exact) mass is 270 g/mol. The lowest BCUT2D eigenvalue weighted by molar-refractivity contribution is -0.142. The highest BCUT2D eigenvalue weighted by atomic mass is 35.5. The number of hydrogen-bond donors (Lipinski definition) is 2. The predicted molar refractivity (Wildman–Crippen MR) is 65.5 cm³/mol. The van der Waals surface area contributed by atoms with Crippen LogP contribution in [-0.2, 0) is 16.0 Å². The minimum Gasteiger partial charge on any atom is -0.468 e. The van der Waals surface area contributed by atoms with Gasteiger partial charge in [-0.3, -0.25) is 9.78 Å². The lowest BCUT2D eigenvalue weighted by Gasteiger charge is -2.09. The molecule has 0 aliphatic carbocycles. The summed E-state index contributed by atoms with van der Waals surface area (Å²) >= 11 is 5.99. The first-order valence-electron chi connectivity index (χ1n) is 5.16. The highest BCUT2D eigenvalue weighted by molar-refractivity contribution is 6.34. The van der Waals surface area contributed by atoms with Gasteiger partial charge in [0, 0.05) is 0 Å². The molecule has 3 N–H and O–H groups in total. The van der Waals surface area contributed by atoms with E-state index in [9.17, 15) is 9.59 Å². The molecule has 0 fully saturated rings. The first kappa shape index (κ1) is 12.7. The van der Waals surface area contributed by atoms with Crippen molar-refractivity contribution in [3.8, 4) is 0 Å². The second kappa shape index (κ2) is 4.83. The summed E-state index contributed by atoms with van der Waals surface area (Å²) in [6.07, 6.45) is 0.247. The Kier molecular flexibility index (Phi) is 3.40. The zero-order valence-corrected chi connectivity index (χ0v) is 10.3. The molecule has 2 aromatic rings. The van der Waals surface area contributed by atoms with Crippen molar-refractivity contribution in [2.75, 3.05) is 7.11 Å². The summed E-state index contributed by atoms with van der Waals surface area (Å²) < 4.78 is 9.43. The summed E-state index contributed by atoms with van der Waals surface area (Å²) in [6, 6.07) is 2.45. The molecule has 1 heterocycles. The molecule has 2 rings (SSSR count). The van der Waals surface area contributed by atoms with Crippen LogP contribution in [-0.4, -0.2) is 24.1 Å². The van der Waals surface area contributed by atoms with Crippen molar-refractivity contribution in [1.82, 2.24) is 4.98 Å². The van der Waals surface area contributed by atoms with Crippen molar-refractivity contribution in [3.05, 3.63) is 33.3 Å². The van der Waals surface area contributed by atoms with Gasteiger partial charge in [-0.1, -0.05) is 11.6 Å². The summed E-state index contributed by atoms with van der Waals surface area (Å²) in [4.78, 5) is 24.7. The Morgan fingerprint density at radius 3 is 3.00 bits per heavy atom. The van der Waals surface area contributed by atoms with Crippen LogP contribution in [0, 0.1) is 0 Å². The summed E-state index contributed by atoms with van der Waals surface area (Å²) in [5.74, 6) is -1.09. The number of hydrogen-bond acceptors (Lipinski definition) is 5. The minimum atomic E-state index is -0.783. The maximum Gasteiger partial charge on any atom is 0.417 e. The molecule has 0 unspecified atom stereocenters. The Morgan fingerprint density at radius 1 is 1.61 bits per heavy atom. The van der Waals surface area contributed by atoms with Crippen LogP contribution in [0.2, 0.25) is 5.02 Å². The smallest absolute Gasteiger partial charge is 0.417 e. The molecule has 1 aromatic heterocycles. The number of nitrogens with one attached hydrogen (secondary N) is 1. The number of carbonyl (C=O) groups excluding carboxylic acids is 1. The van der Waals surface area contributed by atoms with E-state index in [1.807, 2.05) is 0 Å². The molecule has 1 atom stereocenters. The topological polar surface area (TPSA) is 98.3 Å². The second-order valence-corrected chi connectivity index (χ2v) is 4.21. The number of methoxy groups -OCH3 is 1. The molecule has 0 spiro atoms. The van der Waals surface area contributed by atoms with E-state index in [0.717, 1.165) is 0 Å². The molecule has 7 heteroatoms. The van der Waals surface area contributed by atoms with Gasteiger partial charge in [0.15, 0.2) is 5.58 Å². The molecule has 0 radical (unpaired) electrons. The van der Waals surface area contributed by atoms with Crippen molar-refractivity contribution >= 4 is 28.7 Å². The fraction of sp³-hybridized carbons (Fsp3) is 0.273. The van der Waals surface area contributed by atoms with E-state index >= 15 is 0 Å². The van der Waals surface area contributed by atoms with Crippen LogP contribution < -0.4 is 11.5 Å². The van der Waals surface area contributed by atoms with E-state index in [0.29, 0.717) is 21.7 Å². The van der Waals surface area contributed by atoms with Gasteiger partial charge in [0.25, 0.3) is 0 Å². The number of oxazole rings is 1. The van der Waals surface area contributed by atoms with Crippen LogP contribution in [0.25, 0.3) is 11.1 Å². The Morgan fingerprint density at radius 2 is 2.33 bits per heavy atom. The van der Waals surface area contributed by atoms with Crippen molar-refractivity contribution in [2.45, 2.75) is 12.5 Å². The van der Waals surface area contributed by atoms with E-state index in [2.05, 4.69) is 9.72 Å². The van der Waals surface area contributed by atoms with Gasteiger partial charge in [-0.15, -0.1) is 0 Å². The van der Waals surface area contributed by atoms with Gasteiger partial charge >= 0.3 is 11.7 Å². The zero-order valence-electron chi connectivity index (χ0n) is 9.53. The number of H-pyrrole nitrogens is 1. The number of halogens is 1. The number of rotatable bonds is 3. The first-order chi connectivity index (χ1) is 8.51. The van der Waals surface area contributed by atoms with Crippen LogP contribution in [0.3, 0.4) is 0 Å². The molecule has 0 saturated heterocycles. The fourth-order valence-electron chi connectivity index (χ4n) is 1.67. The average molecular weight is 271 g/mol. The molecule has 1 aromatic carbocycles. The number of nitrogens with two attached hydrogens (primary N) is 1. The number of aromatic amines is 1. The summed E-state index contributed by atoms with van der Waals surface area (Å²) in [6.45, 7) is 0. The molecule has 0 saturated carbocycles. The molecule has 0 bridgehead atoms. The third kappa shape index (κ3) is 2.39. The summed E-state index contributed by atoms with van der Waals surface area (Å²) in [5.41, 5.74) is 7.09. The maximum atomic E-state index is 11.2. The predicted octanol–water partition coefficient (Wildman–Crippen LogP) is 0.817. The van der Waals surface area contributed by atoms with Gasteiger partial charge in [0.05, 0.1) is 12.1 Å². The number of aromatic nitrogens is 1.